The minimum atomic E-state index is -0.0314. The standard InChI is InChI=1S/C18H25N3O2S/c1-13-5-4-6-15(17(13)18(23)21-8-2-3-9-21)20-16(22)11-14-12-24-10-7-19-14/h4-6,14,19H,2-3,7-12H2,1H3,(H,20,22). The highest BCUT2D eigenvalue weighted by Gasteiger charge is 2.24. The highest BCUT2D eigenvalue weighted by atomic mass is 32.2. The molecule has 0 saturated carbocycles. The van der Waals surface area contributed by atoms with Crippen molar-refractivity contribution in [2.75, 3.05) is 36.5 Å². The number of rotatable bonds is 4. The Hall–Kier alpha value is -1.53. The zero-order valence-corrected chi connectivity index (χ0v) is 15.0. The van der Waals surface area contributed by atoms with Crippen molar-refractivity contribution in [2.45, 2.75) is 32.2 Å². The van der Waals surface area contributed by atoms with E-state index in [1.807, 2.05) is 41.8 Å². The number of benzene rings is 1. The number of thioether (sulfide) groups is 1. The van der Waals surface area contributed by atoms with Gasteiger partial charge in [0.2, 0.25) is 5.91 Å². The number of hydrogen-bond donors (Lipinski definition) is 2. The first-order valence-corrected chi connectivity index (χ1v) is 9.80. The lowest BCUT2D eigenvalue weighted by molar-refractivity contribution is -0.116. The van der Waals surface area contributed by atoms with Gasteiger partial charge in [-0.2, -0.15) is 11.8 Å². The topological polar surface area (TPSA) is 61.4 Å². The molecule has 2 heterocycles. The average molecular weight is 347 g/mol. The average Bonchev–Trinajstić information content (AvgIpc) is 3.10. The monoisotopic (exact) mass is 347 g/mol. The second kappa shape index (κ2) is 8.03. The Bertz CT molecular complexity index is 608. The molecule has 1 aromatic carbocycles. The summed E-state index contributed by atoms with van der Waals surface area (Å²) in [6.07, 6.45) is 2.56. The molecule has 2 aliphatic rings. The number of anilines is 1. The van der Waals surface area contributed by atoms with E-state index in [4.69, 9.17) is 0 Å². The molecule has 2 saturated heterocycles. The highest BCUT2D eigenvalue weighted by molar-refractivity contribution is 7.99. The number of hydrogen-bond acceptors (Lipinski definition) is 4. The molecule has 130 valence electrons. The number of likely N-dealkylation sites (tertiary alicyclic amines) is 1. The van der Waals surface area contributed by atoms with Crippen LogP contribution in [0.1, 0.15) is 35.2 Å². The molecular formula is C18H25N3O2S. The lowest BCUT2D eigenvalue weighted by Gasteiger charge is -2.23. The Kier molecular flexibility index (Phi) is 5.79. The van der Waals surface area contributed by atoms with Crippen molar-refractivity contribution in [3.63, 3.8) is 0 Å². The molecule has 6 heteroatoms. The minimum Gasteiger partial charge on any atom is -0.339 e. The first-order chi connectivity index (χ1) is 11.6. The number of aryl methyl sites for hydroxylation is 1. The molecule has 3 rings (SSSR count). The summed E-state index contributed by atoms with van der Waals surface area (Å²) < 4.78 is 0. The van der Waals surface area contributed by atoms with Crippen LogP contribution in [0, 0.1) is 6.92 Å². The van der Waals surface area contributed by atoms with Crippen LogP contribution in [-0.2, 0) is 4.79 Å². The van der Waals surface area contributed by atoms with Gasteiger partial charge in [-0.05, 0) is 31.4 Å². The molecule has 1 aromatic rings. The van der Waals surface area contributed by atoms with E-state index in [9.17, 15) is 9.59 Å². The van der Waals surface area contributed by atoms with Crippen LogP contribution in [0.15, 0.2) is 18.2 Å². The maximum Gasteiger partial charge on any atom is 0.256 e. The smallest absolute Gasteiger partial charge is 0.256 e. The van der Waals surface area contributed by atoms with E-state index in [2.05, 4.69) is 10.6 Å². The van der Waals surface area contributed by atoms with Gasteiger partial charge in [-0.15, -0.1) is 0 Å². The largest absolute Gasteiger partial charge is 0.339 e. The Morgan fingerprint density at radius 1 is 1.33 bits per heavy atom. The van der Waals surface area contributed by atoms with Crippen LogP contribution in [0.2, 0.25) is 0 Å². The fourth-order valence-electron chi connectivity index (χ4n) is 3.31. The Morgan fingerprint density at radius 2 is 2.12 bits per heavy atom. The number of carbonyl (C=O) groups excluding carboxylic acids is 2. The van der Waals surface area contributed by atoms with Crippen molar-refractivity contribution < 1.29 is 9.59 Å². The van der Waals surface area contributed by atoms with Crippen LogP contribution >= 0.6 is 11.8 Å². The molecule has 0 aliphatic carbocycles. The van der Waals surface area contributed by atoms with E-state index in [1.165, 1.54) is 0 Å². The summed E-state index contributed by atoms with van der Waals surface area (Å²) in [6.45, 7) is 4.50. The molecule has 2 N–H and O–H groups in total. The third-order valence-electron chi connectivity index (χ3n) is 4.58. The van der Waals surface area contributed by atoms with Crippen LogP contribution in [0.4, 0.5) is 5.69 Å². The van der Waals surface area contributed by atoms with Gasteiger partial charge in [0.1, 0.15) is 0 Å². The Morgan fingerprint density at radius 3 is 2.83 bits per heavy atom. The van der Waals surface area contributed by atoms with E-state index in [0.29, 0.717) is 17.7 Å². The van der Waals surface area contributed by atoms with Gasteiger partial charge in [0, 0.05) is 43.6 Å². The third-order valence-corrected chi connectivity index (χ3v) is 5.72. The normalized spacial score (nSPS) is 20.9. The van der Waals surface area contributed by atoms with Gasteiger partial charge in [0.25, 0.3) is 5.91 Å². The summed E-state index contributed by atoms with van der Waals surface area (Å²) in [5.41, 5.74) is 2.19. The van der Waals surface area contributed by atoms with E-state index >= 15 is 0 Å². The predicted octanol–water partition coefficient (Wildman–Crippen LogP) is 2.26. The van der Waals surface area contributed by atoms with E-state index < -0.39 is 0 Å². The highest BCUT2D eigenvalue weighted by Crippen LogP contribution is 2.24. The quantitative estimate of drug-likeness (QED) is 0.877. The number of amides is 2. The van der Waals surface area contributed by atoms with Gasteiger partial charge in [-0.1, -0.05) is 12.1 Å². The van der Waals surface area contributed by atoms with Crippen molar-refractivity contribution in [1.82, 2.24) is 10.2 Å². The van der Waals surface area contributed by atoms with E-state index in [1.54, 1.807) is 0 Å². The maximum atomic E-state index is 12.8. The van der Waals surface area contributed by atoms with Crippen LogP contribution < -0.4 is 10.6 Å². The summed E-state index contributed by atoms with van der Waals surface area (Å²) in [6, 6.07) is 5.86. The third kappa shape index (κ3) is 4.11. The molecule has 1 atom stereocenters. The van der Waals surface area contributed by atoms with Crippen molar-refractivity contribution in [1.29, 1.82) is 0 Å². The molecule has 0 spiro atoms. The van der Waals surface area contributed by atoms with Crippen molar-refractivity contribution in [2.24, 2.45) is 0 Å². The summed E-state index contributed by atoms with van der Waals surface area (Å²) >= 11 is 1.88. The first kappa shape index (κ1) is 17.3. The summed E-state index contributed by atoms with van der Waals surface area (Å²) in [7, 11) is 0. The first-order valence-electron chi connectivity index (χ1n) is 8.65. The minimum absolute atomic E-state index is 0.0314. The van der Waals surface area contributed by atoms with Gasteiger partial charge >= 0.3 is 0 Å². The molecule has 2 amide bonds. The summed E-state index contributed by atoms with van der Waals surface area (Å²) in [5, 5.41) is 6.34. The maximum absolute atomic E-state index is 12.8. The number of nitrogens with zero attached hydrogens (tertiary/aromatic N) is 1. The van der Waals surface area contributed by atoms with Crippen LogP contribution in [0.5, 0.6) is 0 Å². The van der Waals surface area contributed by atoms with Crippen LogP contribution in [-0.4, -0.2) is 53.9 Å². The van der Waals surface area contributed by atoms with Gasteiger partial charge in [-0.25, -0.2) is 0 Å². The SMILES string of the molecule is Cc1cccc(NC(=O)CC2CSCCN2)c1C(=O)N1CCCC1. The molecule has 5 nitrogen and oxygen atoms in total. The number of nitrogens with one attached hydrogen (secondary N) is 2. The van der Waals surface area contributed by atoms with E-state index in [-0.39, 0.29) is 17.9 Å². The lowest BCUT2D eigenvalue weighted by atomic mass is 10.0. The summed E-state index contributed by atoms with van der Waals surface area (Å²) in [4.78, 5) is 27.1. The molecular weight excluding hydrogens is 322 g/mol. The second-order valence-corrected chi connectivity index (χ2v) is 7.62. The second-order valence-electron chi connectivity index (χ2n) is 6.48. The fourth-order valence-corrected chi connectivity index (χ4v) is 4.26. The fraction of sp³-hybridized carbons (Fsp3) is 0.556. The zero-order valence-electron chi connectivity index (χ0n) is 14.1. The molecule has 0 aromatic heterocycles. The zero-order chi connectivity index (χ0) is 16.9. The number of carbonyl (C=O) groups is 2. The molecule has 0 radical (unpaired) electrons. The molecule has 1 unspecified atom stereocenters. The molecule has 2 aliphatic heterocycles. The van der Waals surface area contributed by atoms with Crippen molar-refractivity contribution >= 4 is 29.3 Å². The predicted molar refractivity (Wildman–Crippen MR) is 98.7 cm³/mol. The lowest BCUT2D eigenvalue weighted by Crippen LogP contribution is -2.40. The molecule has 2 fully saturated rings. The van der Waals surface area contributed by atoms with Gasteiger partial charge in [0.15, 0.2) is 0 Å². The van der Waals surface area contributed by atoms with Crippen molar-refractivity contribution in [3.05, 3.63) is 29.3 Å². The van der Waals surface area contributed by atoms with Crippen LogP contribution in [0.3, 0.4) is 0 Å². The van der Waals surface area contributed by atoms with E-state index in [0.717, 1.165) is 49.5 Å². The Labute approximate surface area is 147 Å². The van der Waals surface area contributed by atoms with Gasteiger partial charge in [0.05, 0.1) is 11.3 Å². The van der Waals surface area contributed by atoms with Gasteiger partial charge < -0.3 is 15.5 Å². The Balaban J connectivity index is 1.71. The molecule has 24 heavy (non-hydrogen) atoms. The summed E-state index contributed by atoms with van der Waals surface area (Å²) in [5.74, 6) is 2.06. The molecule has 0 bridgehead atoms. The van der Waals surface area contributed by atoms with Crippen molar-refractivity contribution in [3.8, 4) is 0 Å². The van der Waals surface area contributed by atoms with Crippen LogP contribution in [0.25, 0.3) is 0 Å². The van der Waals surface area contributed by atoms with Gasteiger partial charge in [-0.3, -0.25) is 9.59 Å².